The van der Waals surface area contributed by atoms with E-state index in [0.29, 0.717) is 11.0 Å². The number of para-hydroxylation sites is 1. The maximum absolute atomic E-state index is 12.7. The molecule has 0 radical (unpaired) electrons. The van der Waals surface area contributed by atoms with Crippen molar-refractivity contribution >= 4 is 45.2 Å². The Labute approximate surface area is 214 Å². The predicted molar refractivity (Wildman–Crippen MR) is 149 cm³/mol. The number of nitrogens with one attached hydrogen (secondary N) is 1. The molecule has 0 aliphatic carbocycles. The summed E-state index contributed by atoms with van der Waals surface area (Å²) in [7, 11) is 0. The minimum atomic E-state index is -0.127. The molecule has 5 rings (SSSR count). The third-order valence-corrected chi connectivity index (χ3v) is 7.32. The fourth-order valence-electron chi connectivity index (χ4n) is 4.49. The van der Waals surface area contributed by atoms with E-state index in [2.05, 4.69) is 84.2 Å². The molecule has 5 aromatic rings. The van der Waals surface area contributed by atoms with Gasteiger partial charge in [-0.3, -0.25) is 4.79 Å². The minimum absolute atomic E-state index is 0.0703. The first-order valence-corrected chi connectivity index (χ1v) is 13.0. The number of thioether (sulfide) groups is 1. The summed E-state index contributed by atoms with van der Waals surface area (Å²) in [4.78, 5) is 12.7. The summed E-state index contributed by atoms with van der Waals surface area (Å²) in [5.41, 5.74) is 5.30. The van der Waals surface area contributed by atoms with Gasteiger partial charge >= 0.3 is 0 Å². The number of rotatable bonds is 6. The van der Waals surface area contributed by atoms with E-state index in [1.807, 2.05) is 30.3 Å². The van der Waals surface area contributed by atoms with Crippen LogP contribution in [0.4, 0.5) is 5.69 Å². The van der Waals surface area contributed by atoms with Crippen molar-refractivity contribution in [2.75, 3.05) is 16.9 Å². The number of carbonyl (C=O) groups is 1. The molecular formula is C28H30N6OS. The molecule has 0 spiro atoms. The van der Waals surface area contributed by atoms with Crippen LogP contribution in [-0.4, -0.2) is 31.1 Å². The molecule has 36 heavy (non-hydrogen) atoms. The summed E-state index contributed by atoms with van der Waals surface area (Å²) >= 11 is 1.26. The molecule has 0 fully saturated rings. The molecule has 3 aromatic carbocycles. The van der Waals surface area contributed by atoms with E-state index < -0.39 is 0 Å². The van der Waals surface area contributed by atoms with Crippen LogP contribution in [0.5, 0.6) is 0 Å². The van der Waals surface area contributed by atoms with Crippen molar-refractivity contribution in [3.05, 3.63) is 72.3 Å². The van der Waals surface area contributed by atoms with Crippen LogP contribution in [0.3, 0.4) is 0 Å². The highest BCUT2D eigenvalue weighted by Crippen LogP contribution is 2.31. The van der Waals surface area contributed by atoms with Gasteiger partial charge in [-0.25, -0.2) is 4.68 Å². The number of nitrogen functional groups attached to an aromatic ring is 1. The summed E-state index contributed by atoms with van der Waals surface area (Å²) in [5, 5.41) is 14.2. The third-order valence-electron chi connectivity index (χ3n) is 6.38. The smallest absolute Gasteiger partial charge is 0.234 e. The molecule has 8 heteroatoms. The normalized spacial score (nSPS) is 11.9. The third kappa shape index (κ3) is 4.44. The van der Waals surface area contributed by atoms with E-state index in [0.717, 1.165) is 28.7 Å². The molecule has 184 valence electrons. The zero-order chi connectivity index (χ0) is 25.4. The van der Waals surface area contributed by atoms with Crippen molar-refractivity contribution in [3.63, 3.8) is 0 Å². The molecule has 0 aliphatic rings. The van der Waals surface area contributed by atoms with Gasteiger partial charge in [-0.2, -0.15) is 0 Å². The summed E-state index contributed by atoms with van der Waals surface area (Å²) in [5.74, 6) is 6.88. The lowest BCUT2D eigenvalue weighted by molar-refractivity contribution is -0.113. The Kier molecular flexibility index (Phi) is 6.22. The molecular weight excluding hydrogens is 468 g/mol. The number of fused-ring (bicyclic) bond motifs is 3. The summed E-state index contributed by atoms with van der Waals surface area (Å²) < 4.78 is 3.73. The standard InChI is InChI=1S/C28H30N6OS/c1-5-33-23-9-7-6-8-21(23)22-16-20(14-15-24(22)33)30-25(35)17-36-27-32-31-26(34(27)29)18-10-12-19(13-11-18)28(2,3)4/h6-16H,5,17,29H2,1-4H3,(H,30,35). The van der Waals surface area contributed by atoms with Crippen LogP contribution in [0, 0.1) is 0 Å². The van der Waals surface area contributed by atoms with E-state index in [1.54, 1.807) is 0 Å². The van der Waals surface area contributed by atoms with Gasteiger partial charge in [-0.1, -0.05) is 75.0 Å². The van der Waals surface area contributed by atoms with Crippen LogP contribution in [0.2, 0.25) is 0 Å². The first-order chi connectivity index (χ1) is 17.3. The molecule has 3 N–H and O–H groups in total. The van der Waals surface area contributed by atoms with Gasteiger partial charge in [0.1, 0.15) is 0 Å². The molecule has 0 unspecified atom stereocenters. The maximum atomic E-state index is 12.7. The fraction of sp³-hybridized carbons (Fsp3) is 0.250. The number of nitrogens with two attached hydrogens (primary N) is 1. The Bertz CT molecular complexity index is 1560. The molecule has 7 nitrogen and oxygen atoms in total. The van der Waals surface area contributed by atoms with Crippen LogP contribution < -0.4 is 11.2 Å². The number of aryl methyl sites for hydroxylation is 1. The lowest BCUT2D eigenvalue weighted by atomic mass is 9.87. The highest BCUT2D eigenvalue weighted by atomic mass is 32.2. The van der Waals surface area contributed by atoms with Gasteiger partial charge in [0, 0.05) is 39.6 Å². The van der Waals surface area contributed by atoms with E-state index in [-0.39, 0.29) is 17.1 Å². The van der Waals surface area contributed by atoms with Gasteiger partial charge in [-0.05, 0) is 42.2 Å². The van der Waals surface area contributed by atoms with Gasteiger partial charge in [0.05, 0.1) is 5.75 Å². The van der Waals surface area contributed by atoms with Crippen molar-refractivity contribution in [1.82, 2.24) is 19.4 Å². The summed E-state index contributed by atoms with van der Waals surface area (Å²) in [6.07, 6.45) is 0. The van der Waals surface area contributed by atoms with Crippen LogP contribution in [0.25, 0.3) is 33.2 Å². The fourth-order valence-corrected chi connectivity index (χ4v) is 5.15. The van der Waals surface area contributed by atoms with E-state index in [9.17, 15) is 4.79 Å². The molecule has 2 heterocycles. The molecule has 0 atom stereocenters. The second kappa shape index (κ2) is 9.35. The number of benzene rings is 3. The number of anilines is 1. The van der Waals surface area contributed by atoms with Crippen LogP contribution in [0.1, 0.15) is 33.3 Å². The monoisotopic (exact) mass is 498 g/mol. The van der Waals surface area contributed by atoms with Gasteiger partial charge < -0.3 is 15.7 Å². The Morgan fingerprint density at radius 2 is 1.69 bits per heavy atom. The molecule has 0 saturated heterocycles. The van der Waals surface area contributed by atoms with Crippen molar-refractivity contribution < 1.29 is 4.79 Å². The zero-order valence-electron chi connectivity index (χ0n) is 20.9. The Hall–Kier alpha value is -3.78. The van der Waals surface area contributed by atoms with Crippen molar-refractivity contribution in [3.8, 4) is 11.4 Å². The average Bonchev–Trinajstić information content (AvgIpc) is 3.39. The lowest BCUT2D eigenvalue weighted by Gasteiger charge is -2.19. The highest BCUT2D eigenvalue weighted by Gasteiger charge is 2.17. The predicted octanol–water partition coefficient (Wildman–Crippen LogP) is 5.82. The molecule has 0 saturated carbocycles. The van der Waals surface area contributed by atoms with Gasteiger partial charge in [0.15, 0.2) is 5.82 Å². The Morgan fingerprint density at radius 1 is 0.972 bits per heavy atom. The maximum Gasteiger partial charge on any atom is 0.234 e. The number of hydrogen-bond donors (Lipinski definition) is 2. The summed E-state index contributed by atoms with van der Waals surface area (Å²) in [6, 6.07) is 22.6. The number of nitrogens with zero attached hydrogens (tertiary/aromatic N) is 4. The molecule has 2 aromatic heterocycles. The minimum Gasteiger partial charge on any atom is -0.341 e. The van der Waals surface area contributed by atoms with Crippen LogP contribution in [0.15, 0.2) is 71.9 Å². The van der Waals surface area contributed by atoms with Gasteiger partial charge in [0.2, 0.25) is 11.1 Å². The van der Waals surface area contributed by atoms with E-state index in [1.165, 1.54) is 32.9 Å². The molecule has 0 aliphatic heterocycles. The first-order valence-electron chi connectivity index (χ1n) is 12.0. The average molecular weight is 499 g/mol. The Balaban J connectivity index is 1.28. The second-order valence-electron chi connectivity index (χ2n) is 9.83. The lowest BCUT2D eigenvalue weighted by Crippen LogP contribution is -2.16. The van der Waals surface area contributed by atoms with Crippen molar-refractivity contribution in [2.24, 2.45) is 0 Å². The molecule has 0 bridgehead atoms. The molecule has 1 amide bonds. The zero-order valence-corrected chi connectivity index (χ0v) is 21.8. The summed E-state index contributed by atoms with van der Waals surface area (Å²) in [6.45, 7) is 9.55. The SMILES string of the molecule is CCn1c2ccccc2c2cc(NC(=O)CSc3nnc(-c4ccc(C(C)(C)C)cc4)n3N)ccc21. The van der Waals surface area contributed by atoms with Gasteiger partial charge in [-0.15, -0.1) is 10.2 Å². The van der Waals surface area contributed by atoms with E-state index >= 15 is 0 Å². The van der Waals surface area contributed by atoms with Gasteiger partial charge in [0.25, 0.3) is 0 Å². The Morgan fingerprint density at radius 3 is 2.42 bits per heavy atom. The number of aromatic nitrogens is 4. The quantitative estimate of drug-likeness (QED) is 0.228. The topological polar surface area (TPSA) is 90.8 Å². The van der Waals surface area contributed by atoms with Crippen LogP contribution in [-0.2, 0) is 16.8 Å². The first kappa shape index (κ1) is 23.9. The number of amides is 1. The highest BCUT2D eigenvalue weighted by molar-refractivity contribution is 7.99. The van der Waals surface area contributed by atoms with Crippen molar-refractivity contribution in [2.45, 2.75) is 44.8 Å². The van der Waals surface area contributed by atoms with E-state index in [4.69, 9.17) is 5.84 Å². The van der Waals surface area contributed by atoms with Crippen molar-refractivity contribution in [1.29, 1.82) is 0 Å². The number of carbonyl (C=O) groups excluding carboxylic acids is 1. The van der Waals surface area contributed by atoms with Crippen LogP contribution >= 0.6 is 11.8 Å². The largest absolute Gasteiger partial charge is 0.341 e. The number of hydrogen-bond acceptors (Lipinski definition) is 5. The second-order valence-corrected chi connectivity index (χ2v) is 10.8.